The van der Waals surface area contributed by atoms with Crippen LogP contribution in [0.5, 0.6) is 0 Å². The molecule has 0 spiro atoms. The maximum absolute atomic E-state index is 12.6. The quantitative estimate of drug-likeness (QED) is 0.917. The lowest BCUT2D eigenvalue weighted by molar-refractivity contribution is 0.0739. The number of aryl methyl sites for hydroxylation is 1. The molecule has 3 rings (SSSR count). The number of hydrogen-bond donors (Lipinski definition) is 1. The molecule has 1 aromatic heterocycles. The van der Waals surface area contributed by atoms with Gasteiger partial charge in [0.05, 0.1) is 0 Å². The highest BCUT2D eigenvalue weighted by atomic mass is 35.5. The third kappa shape index (κ3) is 4.05. The van der Waals surface area contributed by atoms with Crippen LogP contribution in [0.25, 0.3) is 11.3 Å². The van der Waals surface area contributed by atoms with Crippen molar-refractivity contribution in [1.82, 2.24) is 15.2 Å². The topological polar surface area (TPSA) is 58.4 Å². The van der Waals surface area contributed by atoms with E-state index in [1.165, 1.54) is 12.0 Å². The lowest BCUT2D eigenvalue weighted by Crippen LogP contribution is -2.38. The highest BCUT2D eigenvalue weighted by Crippen LogP contribution is 2.25. The fourth-order valence-corrected chi connectivity index (χ4v) is 2.61. The van der Waals surface area contributed by atoms with Gasteiger partial charge in [-0.1, -0.05) is 29.8 Å². The van der Waals surface area contributed by atoms with E-state index in [0.29, 0.717) is 11.5 Å². The minimum Gasteiger partial charge on any atom is -0.443 e. The first-order valence-corrected chi connectivity index (χ1v) is 7.15. The van der Waals surface area contributed by atoms with Crippen LogP contribution >= 0.6 is 24.8 Å². The highest BCUT2D eigenvalue weighted by Gasteiger charge is 2.28. The second-order valence-corrected chi connectivity index (χ2v) is 5.46. The number of hydrogen-bond acceptors (Lipinski definition) is 4. The van der Waals surface area contributed by atoms with Gasteiger partial charge in [-0.15, -0.1) is 24.8 Å². The van der Waals surface area contributed by atoms with Crippen LogP contribution in [0.2, 0.25) is 0 Å². The fourth-order valence-electron chi connectivity index (χ4n) is 2.61. The number of aromatic nitrogens is 1. The minimum absolute atomic E-state index is 0. The van der Waals surface area contributed by atoms with Gasteiger partial charge in [0.1, 0.15) is 0 Å². The summed E-state index contributed by atoms with van der Waals surface area (Å²) in [7, 11) is 1.83. The summed E-state index contributed by atoms with van der Waals surface area (Å²) >= 11 is 0. The summed E-state index contributed by atoms with van der Waals surface area (Å²) in [5.74, 6) is 0.450. The molecule has 5 nitrogen and oxygen atoms in total. The molecule has 126 valence electrons. The summed E-state index contributed by atoms with van der Waals surface area (Å²) in [4.78, 5) is 18.5. The number of halogens is 2. The van der Waals surface area contributed by atoms with Crippen molar-refractivity contribution in [3.8, 4) is 11.3 Å². The Morgan fingerprint density at radius 1 is 1.30 bits per heavy atom. The van der Waals surface area contributed by atoms with Gasteiger partial charge in [-0.3, -0.25) is 4.79 Å². The molecule has 1 unspecified atom stereocenters. The van der Waals surface area contributed by atoms with Crippen LogP contribution in [-0.2, 0) is 0 Å². The summed E-state index contributed by atoms with van der Waals surface area (Å²) in [5, 5.41) is 3.27. The number of carbonyl (C=O) groups is 1. The third-order valence-corrected chi connectivity index (χ3v) is 3.99. The number of rotatable bonds is 3. The first-order chi connectivity index (χ1) is 10.2. The van der Waals surface area contributed by atoms with E-state index in [4.69, 9.17) is 4.42 Å². The zero-order valence-electron chi connectivity index (χ0n) is 13.1. The summed E-state index contributed by atoms with van der Waals surface area (Å²) in [5.41, 5.74) is 2.42. The Morgan fingerprint density at radius 3 is 2.61 bits per heavy atom. The predicted molar refractivity (Wildman–Crippen MR) is 94.5 cm³/mol. The SMILES string of the molecule is Cc1ccc(-c2ocnc2C(=O)N(C)C2CCNC2)cc1.Cl.Cl. The first kappa shape index (κ1) is 19.5. The lowest BCUT2D eigenvalue weighted by Gasteiger charge is -2.23. The summed E-state index contributed by atoms with van der Waals surface area (Å²) in [6, 6.07) is 8.11. The van der Waals surface area contributed by atoms with Crippen LogP contribution in [0, 0.1) is 6.92 Å². The average Bonchev–Trinajstić information content (AvgIpc) is 3.17. The van der Waals surface area contributed by atoms with E-state index >= 15 is 0 Å². The molecule has 0 aliphatic carbocycles. The van der Waals surface area contributed by atoms with E-state index in [0.717, 1.165) is 25.1 Å². The van der Waals surface area contributed by atoms with Gasteiger partial charge < -0.3 is 14.6 Å². The zero-order valence-corrected chi connectivity index (χ0v) is 14.7. The molecule has 2 aromatic rings. The number of amides is 1. The van der Waals surface area contributed by atoms with Crippen LogP contribution in [0.3, 0.4) is 0 Å². The van der Waals surface area contributed by atoms with Crippen molar-refractivity contribution in [2.75, 3.05) is 20.1 Å². The average molecular weight is 358 g/mol. The Labute approximate surface area is 148 Å². The lowest BCUT2D eigenvalue weighted by atomic mass is 10.1. The minimum atomic E-state index is -0.0898. The monoisotopic (exact) mass is 357 g/mol. The molecular formula is C16H21Cl2N3O2. The Kier molecular flexibility index (Phi) is 7.06. The summed E-state index contributed by atoms with van der Waals surface area (Å²) in [6.45, 7) is 3.81. The van der Waals surface area contributed by atoms with Gasteiger partial charge in [0.15, 0.2) is 17.8 Å². The van der Waals surface area contributed by atoms with Gasteiger partial charge in [0, 0.05) is 25.2 Å². The molecule has 23 heavy (non-hydrogen) atoms. The van der Waals surface area contributed by atoms with E-state index in [2.05, 4.69) is 10.3 Å². The molecule has 0 saturated carbocycles. The normalized spacial score (nSPS) is 16.3. The van der Waals surface area contributed by atoms with Gasteiger partial charge in [-0.2, -0.15) is 0 Å². The van der Waals surface area contributed by atoms with Gasteiger partial charge >= 0.3 is 0 Å². The smallest absolute Gasteiger partial charge is 0.276 e. The molecule has 0 bridgehead atoms. The first-order valence-electron chi connectivity index (χ1n) is 7.15. The predicted octanol–water partition coefficient (Wildman–Crippen LogP) is 2.93. The molecule has 1 aromatic carbocycles. The third-order valence-electron chi connectivity index (χ3n) is 3.99. The van der Waals surface area contributed by atoms with Crippen molar-refractivity contribution < 1.29 is 9.21 Å². The molecule has 1 atom stereocenters. The Bertz CT molecular complexity index is 637. The number of oxazole rings is 1. The molecule has 7 heteroatoms. The van der Waals surface area contributed by atoms with Crippen LogP contribution in [-0.4, -0.2) is 42.0 Å². The van der Waals surface area contributed by atoms with Crippen molar-refractivity contribution in [3.05, 3.63) is 41.9 Å². The van der Waals surface area contributed by atoms with E-state index < -0.39 is 0 Å². The molecule has 2 heterocycles. The van der Waals surface area contributed by atoms with E-state index in [1.807, 2.05) is 38.2 Å². The number of nitrogens with one attached hydrogen (secondary N) is 1. The van der Waals surface area contributed by atoms with Crippen LogP contribution in [0.4, 0.5) is 0 Å². The Hall–Kier alpha value is -1.56. The molecule has 1 amide bonds. The standard InChI is InChI=1S/C16H19N3O2.2ClH/c1-11-3-5-12(6-4-11)15-14(18-10-21-15)16(20)19(2)13-7-8-17-9-13;;/h3-6,10,13,17H,7-9H2,1-2H3;2*1H. The molecular weight excluding hydrogens is 337 g/mol. The highest BCUT2D eigenvalue weighted by molar-refractivity contribution is 5.97. The fraction of sp³-hybridized carbons (Fsp3) is 0.375. The zero-order chi connectivity index (χ0) is 14.8. The van der Waals surface area contributed by atoms with E-state index in [9.17, 15) is 4.79 Å². The van der Waals surface area contributed by atoms with Crippen LogP contribution in [0.1, 0.15) is 22.5 Å². The van der Waals surface area contributed by atoms with Crippen molar-refractivity contribution >= 4 is 30.7 Å². The molecule has 1 N–H and O–H groups in total. The molecule has 1 saturated heterocycles. The maximum atomic E-state index is 12.6. The van der Waals surface area contributed by atoms with Crippen molar-refractivity contribution in [2.45, 2.75) is 19.4 Å². The van der Waals surface area contributed by atoms with Crippen LogP contribution < -0.4 is 5.32 Å². The van der Waals surface area contributed by atoms with Crippen molar-refractivity contribution in [1.29, 1.82) is 0 Å². The van der Waals surface area contributed by atoms with E-state index in [1.54, 1.807) is 4.90 Å². The molecule has 1 fully saturated rings. The van der Waals surface area contributed by atoms with Crippen molar-refractivity contribution in [3.63, 3.8) is 0 Å². The second kappa shape index (κ2) is 8.34. The second-order valence-electron chi connectivity index (χ2n) is 5.46. The molecule has 0 radical (unpaired) electrons. The largest absolute Gasteiger partial charge is 0.443 e. The van der Waals surface area contributed by atoms with E-state index in [-0.39, 0.29) is 36.8 Å². The Balaban J connectivity index is 0.00000132. The summed E-state index contributed by atoms with van der Waals surface area (Å²) in [6.07, 6.45) is 2.31. The number of nitrogens with zero attached hydrogens (tertiary/aromatic N) is 2. The van der Waals surface area contributed by atoms with Gasteiger partial charge in [0.25, 0.3) is 5.91 Å². The number of likely N-dealkylation sites (N-methyl/N-ethyl adjacent to an activating group) is 1. The molecule has 1 aliphatic heterocycles. The van der Waals surface area contributed by atoms with Gasteiger partial charge in [-0.05, 0) is 19.9 Å². The number of benzene rings is 1. The maximum Gasteiger partial charge on any atom is 0.276 e. The summed E-state index contributed by atoms with van der Waals surface area (Å²) < 4.78 is 5.45. The number of carbonyl (C=O) groups excluding carboxylic acids is 1. The molecule has 1 aliphatic rings. The van der Waals surface area contributed by atoms with Gasteiger partial charge in [-0.25, -0.2) is 4.98 Å². The van der Waals surface area contributed by atoms with Crippen LogP contribution in [0.15, 0.2) is 35.1 Å². The Morgan fingerprint density at radius 2 is 2.00 bits per heavy atom. The van der Waals surface area contributed by atoms with Gasteiger partial charge in [0.2, 0.25) is 0 Å². The van der Waals surface area contributed by atoms with Crippen molar-refractivity contribution in [2.24, 2.45) is 0 Å².